The van der Waals surface area contributed by atoms with Gasteiger partial charge >= 0.3 is 0 Å². The SMILES string of the molecule is C=CCN(CC(C)CNC)C(C)(C)C. The summed E-state index contributed by atoms with van der Waals surface area (Å²) in [6.45, 7) is 16.0. The average Bonchev–Trinajstić information content (AvgIpc) is 2.02. The van der Waals surface area contributed by atoms with E-state index in [1.165, 1.54) is 0 Å². The first-order valence-electron chi connectivity index (χ1n) is 5.42. The molecule has 0 aromatic heterocycles. The first-order valence-corrected chi connectivity index (χ1v) is 5.42. The van der Waals surface area contributed by atoms with Crippen LogP contribution in [0, 0.1) is 5.92 Å². The Hall–Kier alpha value is -0.340. The van der Waals surface area contributed by atoms with Gasteiger partial charge in [-0.1, -0.05) is 13.0 Å². The van der Waals surface area contributed by atoms with Gasteiger partial charge in [0.25, 0.3) is 0 Å². The molecule has 14 heavy (non-hydrogen) atoms. The third-order valence-corrected chi connectivity index (χ3v) is 2.38. The van der Waals surface area contributed by atoms with Crippen molar-refractivity contribution in [3.63, 3.8) is 0 Å². The van der Waals surface area contributed by atoms with Crippen LogP contribution >= 0.6 is 0 Å². The second-order valence-electron chi connectivity index (χ2n) is 5.03. The third kappa shape index (κ3) is 5.40. The molecule has 0 fully saturated rings. The standard InChI is InChI=1S/C12H26N2/c1-7-8-14(12(3,4)5)10-11(2)9-13-6/h7,11,13H,1,8-10H2,2-6H3. The Morgan fingerprint density at radius 3 is 2.36 bits per heavy atom. The molecule has 2 heteroatoms. The molecule has 0 saturated carbocycles. The second kappa shape index (κ2) is 6.20. The smallest absolute Gasteiger partial charge is 0.0165 e. The molecule has 0 bridgehead atoms. The second-order valence-corrected chi connectivity index (χ2v) is 5.03. The summed E-state index contributed by atoms with van der Waals surface area (Å²) >= 11 is 0. The van der Waals surface area contributed by atoms with Gasteiger partial charge in [0.15, 0.2) is 0 Å². The fourth-order valence-electron chi connectivity index (χ4n) is 1.57. The lowest BCUT2D eigenvalue weighted by molar-refractivity contribution is 0.132. The lowest BCUT2D eigenvalue weighted by Gasteiger charge is -2.36. The molecule has 0 heterocycles. The molecule has 1 N–H and O–H groups in total. The van der Waals surface area contributed by atoms with Gasteiger partial charge in [-0.3, -0.25) is 4.90 Å². The molecular formula is C12H26N2. The predicted molar refractivity (Wildman–Crippen MR) is 64.6 cm³/mol. The summed E-state index contributed by atoms with van der Waals surface area (Å²) in [7, 11) is 2.01. The van der Waals surface area contributed by atoms with Crippen LogP contribution in [0.2, 0.25) is 0 Å². The average molecular weight is 198 g/mol. The van der Waals surface area contributed by atoms with Gasteiger partial charge in [-0.2, -0.15) is 0 Å². The summed E-state index contributed by atoms with van der Waals surface area (Å²) in [6, 6.07) is 0. The Balaban J connectivity index is 4.15. The zero-order chi connectivity index (χ0) is 11.2. The van der Waals surface area contributed by atoms with Gasteiger partial charge in [-0.15, -0.1) is 6.58 Å². The first kappa shape index (κ1) is 13.7. The summed E-state index contributed by atoms with van der Waals surface area (Å²) < 4.78 is 0. The molecule has 0 spiro atoms. The van der Waals surface area contributed by atoms with Crippen LogP contribution < -0.4 is 5.32 Å². The van der Waals surface area contributed by atoms with Gasteiger partial charge in [0.05, 0.1) is 0 Å². The van der Waals surface area contributed by atoms with E-state index in [2.05, 4.69) is 44.5 Å². The molecule has 0 radical (unpaired) electrons. The van der Waals surface area contributed by atoms with Crippen LogP contribution in [0.4, 0.5) is 0 Å². The van der Waals surface area contributed by atoms with Gasteiger partial charge in [-0.25, -0.2) is 0 Å². The van der Waals surface area contributed by atoms with E-state index in [1.807, 2.05) is 13.1 Å². The zero-order valence-corrected chi connectivity index (χ0v) is 10.4. The van der Waals surface area contributed by atoms with Crippen LogP contribution in [0.1, 0.15) is 27.7 Å². The molecule has 2 nitrogen and oxygen atoms in total. The highest BCUT2D eigenvalue weighted by molar-refractivity contribution is 4.84. The minimum Gasteiger partial charge on any atom is -0.319 e. The highest BCUT2D eigenvalue weighted by atomic mass is 15.2. The molecule has 0 aliphatic heterocycles. The number of nitrogens with zero attached hydrogens (tertiary/aromatic N) is 1. The number of hydrogen-bond acceptors (Lipinski definition) is 2. The first-order chi connectivity index (χ1) is 6.41. The van der Waals surface area contributed by atoms with Crippen LogP contribution in [0.5, 0.6) is 0 Å². The maximum atomic E-state index is 3.81. The quantitative estimate of drug-likeness (QED) is 0.658. The van der Waals surface area contributed by atoms with Crippen molar-refractivity contribution < 1.29 is 0 Å². The topological polar surface area (TPSA) is 15.3 Å². The molecule has 0 aromatic rings. The number of nitrogens with one attached hydrogen (secondary N) is 1. The van der Waals surface area contributed by atoms with Crippen molar-refractivity contribution in [2.45, 2.75) is 33.2 Å². The van der Waals surface area contributed by atoms with E-state index in [1.54, 1.807) is 0 Å². The van der Waals surface area contributed by atoms with Gasteiger partial charge in [0.1, 0.15) is 0 Å². The molecule has 1 atom stereocenters. The fraction of sp³-hybridized carbons (Fsp3) is 0.833. The summed E-state index contributed by atoms with van der Waals surface area (Å²) in [5.41, 5.74) is 0.232. The largest absolute Gasteiger partial charge is 0.319 e. The van der Waals surface area contributed by atoms with Crippen molar-refractivity contribution in [3.05, 3.63) is 12.7 Å². The maximum Gasteiger partial charge on any atom is 0.0165 e. The Labute approximate surface area is 89.4 Å². The Morgan fingerprint density at radius 2 is 2.00 bits per heavy atom. The van der Waals surface area contributed by atoms with E-state index >= 15 is 0 Å². The highest BCUT2D eigenvalue weighted by Gasteiger charge is 2.21. The van der Waals surface area contributed by atoms with E-state index in [-0.39, 0.29) is 5.54 Å². The molecule has 1 unspecified atom stereocenters. The Kier molecular flexibility index (Phi) is 6.05. The summed E-state index contributed by atoms with van der Waals surface area (Å²) in [4.78, 5) is 2.46. The van der Waals surface area contributed by atoms with Gasteiger partial charge < -0.3 is 5.32 Å². The molecule has 0 aliphatic carbocycles. The van der Waals surface area contributed by atoms with Crippen LogP contribution in [-0.4, -0.2) is 37.1 Å². The summed E-state index contributed by atoms with van der Waals surface area (Å²) in [5, 5.41) is 3.21. The van der Waals surface area contributed by atoms with Crippen molar-refractivity contribution in [2.24, 2.45) is 5.92 Å². The monoisotopic (exact) mass is 198 g/mol. The molecule has 0 aromatic carbocycles. The van der Waals surface area contributed by atoms with Crippen molar-refractivity contribution in [2.75, 3.05) is 26.7 Å². The predicted octanol–water partition coefficient (Wildman–Crippen LogP) is 2.13. The van der Waals surface area contributed by atoms with Gasteiger partial charge in [0.2, 0.25) is 0 Å². The molecular weight excluding hydrogens is 172 g/mol. The van der Waals surface area contributed by atoms with Crippen molar-refractivity contribution >= 4 is 0 Å². The molecule has 84 valence electrons. The van der Waals surface area contributed by atoms with Gasteiger partial charge in [-0.05, 0) is 40.3 Å². The van der Waals surface area contributed by atoms with E-state index in [0.717, 1.165) is 19.6 Å². The molecule has 0 saturated heterocycles. The minimum atomic E-state index is 0.232. The van der Waals surface area contributed by atoms with E-state index in [0.29, 0.717) is 5.92 Å². The van der Waals surface area contributed by atoms with Crippen LogP contribution in [0.3, 0.4) is 0 Å². The van der Waals surface area contributed by atoms with Gasteiger partial charge in [0, 0.05) is 18.6 Å². The van der Waals surface area contributed by atoms with Crippen molar-refractivity contribution in [3.8, 4) is 0 Å². The maximum absolute atomic E-state index is 3.81. The van der Waals surface area contributed by atoms with Crippen LogP contribution in [0.15, 0.2) is 12.7 Å². The van der Waals surface area contributed by atoms with Crippen molar-refractivity contribution in [1.82, 2.24) is 10.2 Å². The fourth-order valence-corrected chi connectivity index (χ4v) is 1.57. The highest BCUT2D eigenvalue weighted by Crippen LogP contribution is 2.14. The Bertz CT molecular complexity index is 158. The summed E-state index contributed by atoms with van der Waals surface area (Å²) in [5.74, 6) is 0.680. The van der Waals surface area contributed by atoms with E-state index < -0.39 is 0 Å². The molecule has 0 amide bonds. The lowest BCUT2D eigenvalue weighted by Crippen LogP contribution is -2.45. The van der Waals surface area contributed by atoms with Crippen LogP contribution in [0.25, 0.3) is 0 Å². The van der Waals surface area contributed by atoms with Crippen LogP contribution in [-0.2, 0) is 0 Å². The Morgan fingerprint density at radius 1 is 1.43 bits per heavy atom. The zero-order valence-electron chi connectivity index (χ0n) is 10.4. The van der Waals surface area contributed by atoms with E-state index in [9.17, 15) is 0 Å². The summed E-state index contributed by atoms with van der Waals surface area (Å²) in [6.07, 6.45) is 1.98. The van der Waals surface area contributed by atoms with E-state index in [4.69, 9.17) is 0 Å². The number of rotatable bonds is 6. The third-order valence-electron chi connectivity index (χ3n) is 2.38. The number of hydrogen-bond donors (Lipinski definition) is 1. The molecule has 0 rings (SSSR count). The lowest BCUT2D eigenvalue weighted by atomic mass is 10.0. The minimum absolute atomic E-state index is 0.232. The normalized spacial score (nSPS) is 14.4. The van der Waals surface area contributed by atoms with Crippen molar-refractivity contribution in [1.29, 1.82) is 0 Å². The molecule has 0 aliphatic rings.